The van der Waals surface area contributed by atoms with Gasteiger partial charge >= 0.3 is 5.97 Å². The lowest BCUT2D eigenvalue weighted by atomic mass is 10.1. The molecule has 0 radical (unpaired) electrons. The van der Waals surface area contributed by atoms with Crippen molar-refractivity contribution in [1.29, 1.82) is 0 Å². The van der Waals surface area contributed by atoms with Gasteiger partial charge in [-0.2, -0.15) is 0 Å². The third-order valence-corrected chi connectivity index (χ3v) is 3.72. The van der Waals surface area contributed by atoms with E-state index in [1.807, 2.05) is 26.0 Å². The molecule has 0 saturated heterocycles. The van der Waals surface area contributed by atoms with Gasteiger partial charge in [-0.25, -0.2) is 0 Å². The Morgan fingerprint density at radius 3 is 2.68 bits per heavy atom. The summed E-state index contributed by atoms with van der Waals surface area (Å²) < 4.78 is 0.971. The van der Waals surface area contributed by atoms with E-state index in [-0.39, 0.29) is 18.4 Å². The van der Waals surface area contributed by atoms with Gasteiger partial charge in [-0.3, -0.25) is 9.59 Å². The van der Waals surface area contributed by atoms with Crippen molar-refractivity contribution in [2.45, 2.75) is 39.2 Å². The summed E-state index contributed by atoms with van der Waals surface area (Å²) in [5, 5.41) is 11.4. The SMILES string of the molecule is Cc1cc(C(=O)NC(C)CCCC(=O)O)ccc1Br. The van der Waals surface area contributed by atoms with Crippen molar-refractivity contribution in [3.8, 4) is 0 Å². The lowest BCUT2D eigenvalue weighted by molar-refractivity contribution is -0.137. The molecule has 5 heteroatoms. The van der Waals surface area contributed by atoms with Crippen LogP contribution in [-0.2, 0) is 4.79 Å². The summed E-state index contributed by atoms with van der Waals surface area (Å²) in [6.07, 6.45) is 1.36. The molecule has 4 nitrogen and oxygen atoms in total. The molecule has 0 bridgehead atoms. The second-order valence-corrected chi connectivity index (χ2v) is 5.48. The second kappa shape index (κ2) is 7.28. The number of carbonyl (C=O) groups excluding carboxylic acids is 1. The summed E-state index contributed by atoms with van der Waals surface area (Å²) in [4.78, 5) is 22.4. The normalized spacial score (nSPS) is 11.9. The number of hydrogen-bond acceptors (Lipinski definition) is 2. The predicted molar refractivity (Wildman–Crippen MR) is 77.3 cm³/mol. The van der Waals surface area contributed by atoms with Crippen LogP contribution in [0.4, 0.5) is 0 Å². The van der Waals surface area contributed by atoms with Gasteiger partial charge in [0.2, 0.25) is 0 Å². The zero-order chi connectivity index (χ0) is 14.4. The first-order valence-corrected chi connectivity index (χ1v) is 6.98. The zero-order valence-corrected chi connectivity index (χ0v) is 12.7. The number of benzene rings is 1. The van der Waals surface area contributed by atoms with Crippen LogP contribution < -0.4 is 5.32 Å². The van der Waals surface area contributed by atoms with E-state index in [0.717, 1.165) is 10.0 Å². The largest absolute Gasteiger partial charge is 0.481 e. The highest BCUT2D eigenvalue weighted by atomic mass is 79.9. The quantitative estimate of drug-likeness (QED) is 0.843. The molecular weight excluding hydrogens is 310 g/mol. The molecule has 1 aromatic carbocycles. The van der Waals surface area contributed by atoms with Gasteiger partial charge in [-0.1, -0.05) is 15.9 Å². The van der Waals surface area contributed by atoms with Crippen LogP contribution in [0, 0.1) is 6.92 Å². The van der Waals surface area contributed by atoms with Crippen LogP contribution >= 0.6 is 15.9 Å². The van der Waals surface area contributed by atoms with Gasteiger partial charge in [0.05, 0.1) is 0 Å². The minimum absolute atomic E-state index is 0.0317. The van der Waals surface area contributed by atoms with E-state index in [1.54, 1.807) is 6.07 Å². The van der Waals surface area contributed by atoms with E-state index in [0.29, 0.717) is 18.4 Å². The topological polar surface area (TPSA) is 66.4 Å². The van der Waals surface area contributed by atoms with Gasteiger partial charge in [-0.05, 0) is 50.5 Å². The second-order valence-electron chi connectivity index (χ2n) is 4.62. The number of nitrogens with one attached hydrogen (secondary N) is 1. The number of halogens is 1. The minimum Gasteiger partial charge on any atom is -0.481 e. The molecule has 104 valence electrons. The Morgan fingerprint density at radius 1 is 1.42 bits per heavy atom. The van der Waals surface area contributed by atoms with Crippen LogP contribution in [0.1, 0.15) is 42.1 Å². The molecule has 0 saturated carbocycles. The smallest absolute Gasteiger partial charge is 0.303 e. The van der Waals surface area contributed by atoms with E-state index >= 15 is 0 Å². The molecule has 1 aromatic rings. The van der Waals surface area contributed by atoms with Crippen molar-refractivity contribution in [3.63, 3.8) is 0 Å². The Morgan fingerprint density at radius 2 is 2.11 bits per heavy atom. The first kappa shape index (κ1) is 15.7. The standard InChI is InChI=1S/C14H18BrNO3/c1-9-8-11(6-7-12(9)15)14(19)16-10(2)4-3-5-13(17)18/h6-8,10H,3-5H2,1-2H3,(H,16,19)(H,17,18). The van der Waals surface area contributed by atoms with Gasteiger partial charge in [0.15, 0.2) is 0 Å². The van der Waals surface area contributed by atoms with Crippen LogP contribution in [0.25, 0.3) is 0 Å². The Kier molecular flexibility index (Phi) is 6.02. The minimum atomic E-state index is -0.804. The number of carbonyl (C=O) groups is 2. The van der Waals surface area contributed by atoms with Crippen LogP contribution in [0.3, 0.4) is 0 Å². The van der Waals surface area contributed by atoms with Crippen molar-refractivity contribution >= 4 is 27.8 Å². The summed E-state index contributed by atoms with van der Waals surface area (Å²) in [6.45, 7) is 3.81. The van der Waals surface area contributed by atoms with Gasteiger partial charge in [0, 0.05) is 22.5 Å². The van der Waals surface area contributed by atoms with Crippen LogP contribution in [0.5, 0.6) is 0 Å². The highest BCUT2D eigenvalue weighted by molar-refractivity contribution is 9.10. The lowest BCUT2D eigenvalue weighted by Crippen LogP contribution is -2.32. The number of amides is 1. The average molecular weight is 328 g/mol. The number of carboxylic acids is 1. The van der Waals surface area contributed by atoms with Gasteiger partial charge in [0.25, 0.3) is 5.91 Å². The van der Waals surface area contributed by atoms with Crippen molar-refractivity contribution in [3.05, 3.63) is 33.8 Å². The fourth-order valence-corrected chi connectivity index (χ4v) is 1.97. The molecule has 0 fully saturated rings. The third kappa shape index (κ3) is 5.42. The maximum absolute atomic E-state index is 12.0. The molecule has 19 heavy (non-hydrogen) atoms. The maximum atomic E-state index is 12.0. The first-order valence-electron chi connectivity index (χ1n) is 6.19. The molecule has 0 heterocycles. The molecular formula is C14H18BrNO3. The Bertz CT molecular complexity index is 474. The van der Waals surface area contributed by atoms with Crippen LogP contribution in [0.15, 0.2) is 22.7 Å². The van der Waals surface area contributed by atoms with Crippen LogP contribution in [0.2, 0.25) is 0 Å². The van der Waals surface area contributed by atoms with Crippen molar-refractivity contribution < 1.29 is 14.7 Å². The molecule has 0 spiro atoms. The Balaban J connectivity index is 2.49. The maximum Gasteiger partial charge on any atom is 0.303 e. The highest BCUT2D eigenvalue weighted by Crippen LogP contribution is 2.17. The molecule has 0 aliphatic heterocycles. The Labute approximate surface area is 121 Å². The van der Waals surface area contributed by atoms with E-state index < -0.39 is 5.97 Å². The van der Waals surface area contributed by atoms with E-state index in [1.165, 1.54) is 0 Å². The molecule has 0 aliphatic carbocycles. The fraction of sp³-hybridized carbons (Fsp3) is 0.429. The number of carboxylic acid groups (broad SMARTS) is 1. The molecule has 1 amide bonds. The molecule has 0 aromatic heterocycles. The van der Waals surface area contributed by atoms with E-state index in [4.69, 9.17) is 5.11 Å². The molecule has 1 unspecified atom stereocenters. The predicted octanol–water partition coefficient (Wildman–Crippen LogP) is 3.13. The number of rotatable bonds is 6. The highest BCUT2D eigenvalue weighted by Gasteiger charge is 2.11. The number of hydrogen-bond donors (Lipinski definition) is 2. The van der Waals surface area contributed by atoms with Crippen molar-refractivity contribution in [2.75, 3.05) is 0 Å². The number of aliphatic carboxylic acids is 1. The first-order chi connectivity index (χ1) is 8.90. The summed E-state index contributed by atoms with van der Waals surface area (Å²) in [6, 6.07) is 5.40. The average Bonchev–Trinajstić information content (AvgIpc) is 2.32. The van der Waals surface area contributed by atoms with E-state index in [9.17, 15) is 9.59 Å². The molecule has 1 rings (SSSR count). The lowest BCUT2D eigenvalue weighted by Gasteiger charge is -2.13. The molecule has 1 atom stereocenters. The number of aryl methyl sites for hydroxylation is 1. The van der Waals surface area contributed by atoms with Gasteiger partial charge < -0.3 is 10.4 Å². The Hall–Kier alpha value is -1.36. The third-order valence-electron chi connectivity index (χ3n) is 2.83. The van der Waals surface area contributed by atoms with Crippen LogP contribution in [-0.4, -0.2) is 23.0 Å². The summed E-state index contributed by atoms with van der Waals surface area (Å²) in [7, 11) is 0. The van der Waals surface area contributed by atoms with E-state index in [2.05, 4.69) is 21.2 Å². The summed E-state index contributed by atoms with van der Waals surface area (Å²) >= 11 is 3.39. The summed E-state index contributed by atoms with van der Waals surface area (Å²) in [5.74, 6) is -0.930. The van der Waals surface area contributed by atoms with Crippen molar-refractivity contribution in [1.82, 2.24) is 5.32 Å². The molecule has 2 N–H and O–H groups in total. The zero-order valence-electron chi connectivity index (χ0n) is 11.1. The van der Waals surface area contributed by atoms with Crippen molar-refractivity contribution in [2.24, 2.45) is 0 Å². The monoisotopic (exact) mass is 327 g/mol. The summed E-state index contributed by atoms with van der Waals surface area (Å²) in [5.41, 5.74) is 1.62. The van der Waals surface area contributed by atoms with Gasteiger partial charge in [0.1, 0.15) is 0 Å². The van der Waals surface area contributed by atoms with Gasteiger partial charge in [-0.15, -0.1) is 0 Å². The molecule has 0 aliphatic rings. The fourth-order valence-electron chi connectivity index (χ4n) is 1.72.